The minimum Gasteiger partial charge on any atom is -0.413 e. The van der Waals surface area contributed by atoms with Crippen molar-refractivity contribution in [2.45, 2.75) is 58.4 Å². The Morgan fingerprint density at radius 1 is 1.40 bits per heavy atom. The molecule has 0 spiro atoms. The second-order valence-corrected chi connectivity index (χ2v) is 10.4. The van der Waals surface area contributed by atoms with Crippen LogP contribution in [0, 0.1) is 0 Å². The zero-order valence-electron chi connectivity index (χ0n) is 11.1. The monoisotopic (exact) mass is 230 g/mol. The minimum absolute atomic E-state index is 0.213. The first-order valence-corrected chi connectivity index (χ1v) is 8.52. The van der Waals surface area contributed by atoms with E-state index in [1.54, 1.807) is 0 Å². The average molecular weight is 230 g/mol. The molecule has 1 unspecified atom stereocenters. The summed E-state index contributed by atoms with van der Waals surface area (Å²) in [7, 11) is -1.70. The van der Waals surface area contributed by atoms with Gasteiger partial charge in [-0.1, -0.05) is 34.3 Å². The second-order valence-electron chi connectivity index (χ2n) is 5.63. The SMILES string of the molecule is C=C(CO[Si](C)(C)C(C)(C)C)C(O)CC. The quantitative estimate of drug-likeness (QED) is 0.580. The third-order valence-electron chi connectivity index (χ3n) is 3.28. The van der Waals surface area contributed by atoms with E-state index in [2.05, 4.69) is 40.4 Å². The Hall–Kier alpha value is -0.123. The molecule has 0 heterocycles. The summed E-state index contributed by atoms with van der Waals surface area (Å²) in [6, 6.07) is 0. The lowest BCUT2D eigenvalue weighted by Gasteiger charge is -2.36. The Balaban J connectivity index is 4.22. The fraction of sp³-hybridized carbons (Fsp3) is 0.833. The Bertz CT molecular complexity index is 216. The van der Waals surface area contributed by atoms with Gasteiger partial charge in [0, 0.05) is 0 Å². The fourth-order valence-corrected chi connectivity index (χ4v) is 1.85. The summed E-state index contributed by atoms with van der Waals surface area (Å²) in [5.41, 5.74) is 0.794. The van der Waals surface area contributed by atoms with Crippen molar-refractivity contribution >= 4 is 8.32 Å². The van der Waals surface area contributed by atoms with Gasteiger partial charge in [-0.25, -0.2) is 0 Å². The molecule has 0 aromatic heterocycles. The van der Waals surface area contributed by atoms with E-state index >= 15 is 0 Å². The van der Waals surface area contributed by atoms with Crippen molar-refractivity contribution in [2.75, 3.05) is 6.61 Å². The molecule has 0 aliphatic heterocycles. The third kappa shape index (κ3) is 4.49. The Kier molecular flexibility index (Phi) is 5.24. The maximum absolute atomic E-state index is 9.56. The van der Waals surface area contributed by atoms with Gasteiger partial charge in [-0.2, -0.15) is 0 Å². The van der Waals surface area contributed by atoms with Crippen LogP contribution < -0.4 is 0 Å². The molecule has 0 amide bonds. The zero-order valence-corrected chi connectivity index (χ0v) is 12.1. The van der Waals surface area contributed by atoms with Crippen molar-refractivity contribution < 1.29 is 9.53 Å². The highest BCUT2D eigenvalue weighted by atomic mass is 28.4. The number of aliphatic hydroxyl groups excluding tert-OH is 1. The molecule has 0 saturated heterocycles. The molecule has 15 heavy (non-hydrogen) atoms. The number of hydrogen-bond donors (Lipinski definition) is 1. The lowest BCUT2D eigenvalue weighted by Crippen LogP contribution is -2.41. The van der Waals surface area contributed by atoms with Gasteiger partial charge in [-0.05, 0) is 30.1 Å². The molecule has 1 N–H and O–H groups in total. The maximum atomic E-state index is 9.56. The molecular weight excluding hydrogens is 204 g/mol. The van der Waals surface area contributed by atoms with E-state index in [0.29, 0.717) is 13.0 Å². The van der Waals surface area contributed by atoms with E-state index in [-0.39, 0.29) is 5.04 Å². The molecule has 1 atom stereocenters. The second kappa shape index (κ2) is 5.28. The summed E-state index contributed by atoms with van der Waals surface area (Å²) in [5.74, 6) is 0. The topological polar surface area (TPSA) is 29.5 Å². The van der Waals surface area contributed by atoms with E-state index in [9.17, 15) is 5.11 Å². The molecule has 3 heteroatoms. The molecule has 0 saturated carbocycles. The molecule has 0 fully saturated rings. The van der Waals surface area contributed by atoms with Crippen molar-refractivity contribution in [1.29, 1.82) is 0 Å². The molecule has 0 rings (SSSR count). The lowest BCUT2D eigenvalue weighted by molar-refractivity contribution is 0.185. The summed E-state index contributed by atoms with van der Waals surface area (Å²) in [6.45, 7) is 17.3. The van der Waals surface area contributed by atoms with Gasteiger partial charge in [-0.3, -0.25) is 0 Å². The molecular formula is C12H26O2Si. The molecule has 0 aromatic rings. The van der Waals surface area contributed by atoms with Gasteiger partial charge >= 0.3 is 0 Å². The van der Waals surface area contributed by atoms with Crippen LogP contribution in [-0.4, -0.2) is 26.1 Å². The average Bonchev–Trinajstić information content (AvgIpc) is 2.11. The van der Waals surface area contributed by atoms with Crippen LogP contribution in [0.2, 0.25) is 18.1 Å². The number of hydrogen-bond acceptors (Lipinski definition) is 2. The van der Waals surface area contributed by atoms with E-state index in [1.807, 2.05) is 6.92 Å². The first-order chi connectivity index (χ1) is 6.62. The largest absolute Gasteiger partial charge is 0.413 e. The van der Waals surface area contributed by atoms with Crippen molar-refractivity contribution in [3.05, 3.63) is 12.2 Å². The highest BCUT2D eigenvalue weighted by Gasteiger charge is 2.37. The Morgan fingerprint density at radius 3 is 2.20 bits per heavy atom. The summed E-state index contributed by atoms with van der Waals surface area (Å²) in [5, 5.41) is 9.77. The van der Waals surface area contributed by atoms with Crippen molar-refractivity contribution in [3.8, 4) is 0 Å². The molecule has 0 aliphatic carbocycles. The lowest BCUT2D eigenvalue weighted by atomic mass is 10.1. The van der Waals surface area contributed by atoms with E-state index in [0.717, 1.165) is 5.57 Å². The number of aliphatic hydroxyl groups is 1. The van der Waals surface area contributed by atoms with Gasteiger partial charge in [0.2, 0.25) is 0 Å². The minimum atomic E-state index is -1.70. The zero-order chi connectivity index (χ0) is 12.3. The molecule has 0 aliphatic rings. The molecule has 90 valence electrons. The van der Waals surface area contributed by atoms with Crippen LogP contribution in [0.5, 0.6) is 0 Å². The summed E-state index contributed by atoms with van der Waals surface area (Å²) >= 11 is 0. The first-order valence-electron chi connectivity index (χ1n) is 5.61. The van der Waals surface area contributed by atoms with Gasteiger partial charge in [-0.15, -0.1) is 0 Å². The van der Waals surface area contributed by atoms with Crippen LogP contribution in [0.3, 0.4) is 0 Å². The fourth-order valence-electron chi connectivity index (χ4n) is 0.874. The van der Waals surface area contributed by atoms with Crippen LogP contribution in [0.15, 0.2) is 12.2 Å². The van der Waals surface area contributed by atoms with Crippen LogP contribution >= 0.6 is 0 Å². The van der Waals surface area contributed by atoms with Crippen LogP contribution in [0.4, 0.5) is 0 Å². The van der Waals surface area contributed by atoms with Gasteiger partial charge in [0.1, 0.15) is 0 Å². The highest BCUT2D eigenvalue weighted by Crippen LogP contribution is 2.36. The number of rotatable bonds is 5. The molecule has 0 radical (unpaired) electrons. The van der Waals surface area contributed by atoms with Crippen LogP contribution in [0.25, 0.3) is 0 Å². The summed E-state index contributed by atoms with van der Waals surface area (Å²) < 4.78 is 5.96. The Labute approximate surface area is 95.5 Å². The van der Waals surface area contributed by atoms with Crippen molar-refractivity contribution in [1.82, 2.24) is 0 Å². The van der Waals surface area contributed by atoms with Gasteiger partial charge in [0.15, 0.2) is 8.32 Å². The van der Waals surface area contributed by atoms with Crippen molar-refractivity contribution in [2.24, 2.45) is 0 Å². The smallest absolute Gasteiger partial charge is 0.192 e. The molecule has 0 aromatic carbocycles. The first kappa shape index (κ1) is 14.9. The highest BCUT2D eigenvalue weighted by molar-refractivity contribution is 6.74. The van der Waals surface area contributed by atoms with Gasteiger partial charge in [0.25, 0.3) is 0 Å². The van der Waals surface area contributed by atoms with Gasteiger partial charge < -0.3 is 9.53 Å². The van der Waals surface area contributed by atoms with Crippen molar-refractivity contribution in [3.63, 3.8) is 0 Å². The Morgan fingerprint density at radius 2 is 1.87 bits per heavy atom. The standard InChI is InChI=1S/C12H26O2Si/c1-8-11(13)10(2)9-14-15(6,7)12(3,4)5/h11,13H,2,8-9H2,1,3-7H3. The summed E-state index contributed by atoms with van der Waals surface area (Å²) in [4.78, 5) is 0. The van der Waals surface area contributed by atoms with E-state index in [4.69, 9.17) is 4.43 Å². The third-order valence-corrected chi connectivity index (χ3v) is 7.76. The van der Waals surface area contributed by atoms with Crippen LogP contribution in [-0.2, 0) is 4.43 Å². The molecule has 2 nitrogen and oxygen atoms in total. The predicted octanol–water partition coefficient (Wildman–Crippen LogP) is 3.34. The summed E-state index contributed by atoms with van der Waals surface area (Å²) in [6.07, 6.45) is 0.287. The van der Waals surface area contributed by atoms with Crippen LogP contribution in [0.1, 0.15) is 34.1 Å². The molecule has 0 bridgehead atoms. The van der Waals surface area contributed by atoms with E-state index in [1.165, 1.54) is 0 Å². The van der Waals surface area contributed by atoms with E-state index < -0.39 is 14.4 Å². The maximum Gasteiger partial charge on any atom is 0.192 e. The van der Waals surface area contributed by atoms with Gasteiger partial charge in [0.05, 0.1) is 12.7 Å². The predicted molar refractivity (Wildman–Crippen MR) is 68.6 cm³/mol. The normalized spacial score (nSPS) is 15.1.